The van der Waals surface area contributed by atoms with Crippen LogP contribution in [0.1, 0.15) is 5.56 Å². The van der Waals surface area contributed by atoms with Gasteiger partial charge in [-0.1, -0.05) is 0 Å². The van der Waals surface area contributed by atoms with Gasteiger partial charge in [0.15, 0.2) is 0 Å². The molecule has 2 aromatic rings. The van der Waals surface area contributed by atoms with Gasteiger partial charge in [0.1, 0.15) is 12.4 Å². The lowest BCUT2D eigenvalue weighted by Crippen LogP contribution is -2.10. The summed E-state index contributed by atoms with van der Waals surface area (Å²) in [6, 6.07) is 11.8. The molecule has 3 N–H and O–H groups in total. The lowest BCUT2D eigenvalue weighted by Gasteiger charge is -2.19. The van der Waals surface area contributed by atoms with E-state index in [1.165, 1.54) is 12.1 Å². The molecule has 0 saturated heterocycles. The van der Waals surface area contributed by atoms with E-state index in [4.69, 9.17) is 10.5 Å². The van der Waals surface area contributed by atoms with Crippen molar-refractivity contribution in [3.8, 4) is 5.75 Å². The van der Waals surface area contributed by atoms with Gasteiger partial charge in [0.25, 0.3) is 5.69 Å². The van der Waals surface area contributed by atoms with E-state index in [9.17, 15) is 10.1 Å². The van der Waals surface area contributed by atoms with Gasteiger partial charge in [-0.05, 0) is 36.4 Å². The Kier molecular flexibility index (Phi) is 3.19. The number of ether oxygens (including phenoxy) is 1. The van der Waals surface area contributed by atoms with Gasteiger partial charge in [-0.15, -0.1) is 0 Å². The maximum Gasteiger partial charge on any atom is 0.270 e. The number of hydrogen-bond donors (Lipinski definition) is 2. The Morgan fingerprint density at radius 2 is 1.95 bits per heavy atom. The number of nitro benzene ring substituents is 1. The molecule has 21 heavy (non-hydrogen) atoms. The molecule has 0 aromatic heterocycles. The maximum absolute atomic E-state index is 10.9. The average molecular weight is 283 g/mol. The average Bonchev–Trinajstić information content (AvgIpc) is 2.49. The summed E-state index contributed by atoms with van der Waals surface area (Å²) in [6.45, 7) is 0.419. The molecule has 1 heterocycles. The molecule has 2 aromatic carbocycles. The van der Waals surface area contributed by atoms with Crippen molar-refractivity contribution in [1.29, 1.82) is 0 Å². The molecule has 0 radical (unpaired) electrons. The summed E-state index contributed by atoms with van der Waals surface area (Å²) in [5, 5.41) is 14.1. The van der Waals surface area contributed by atoms with Crippen molar-refractivity contribution in [3.63, 3.8) is 0 Å². The normalized spacial score (nSPS) is 12.9. The number of nitro groups is 1. The Bertz CT molecular complexity index is 723. The summed E-state index contributed by atoms with van der Waals surface area (Å²) >= 11 is 0. The van der Waals surface area contributed by atoms with Crippen LogP contribution in [-0.4, -0.2) is 11.5 Å². The highest BCUT2D eigenvalue weighted by atomic mass is 16.6. The van der Waals surface area contributed by atoms with Crippen molar-refractivity contribution in [2.75, 3.05) is 17.7 Å². The molecular formula is C15H13N3O3. The van der Waals surface area contributed by atoms with Crippen LogP contribution in [0, 0.1) is 10.1 Å². The summed E-state index contributed by atoms with van der Waals surface area (Å²) < 4.78 is 5.49. The SMILES string of the molecule is Nc1ccc(NC2=CCOc3ccc([N+](=O)[O-])cc32)cc1. The number of nitrogens with zero attached hydrogens (tertiary/aromatic N) is 1. The van der Waals surface area contributed by atoms with Gasteiger partial charge in [0.2, 0.25) is 0 Å². The molecule has 0 aliphatic carbocycles. The Morgan fingerprint density at radius 3 is 2.67 bits per heavy atom. The highest BCUT2D eigenvalue weighted by Crippen LogP contribution is 2.33. The molecule has 0 unspecified atom stereocenters. The van der Waals surface area contributed by atoms with Crippen molar-refractivity contribution in [2.45, 2.75) is 0 Å². The van der Waals surface area contributed by atoms with Crippen LogP contribution in [-0.2, 0) is 0 Å². The summed E-state index contributed by atoms with van der Waals surface area (Å²) in [7, 11) is 0. The molecule has 3 rings (SSSR count). The number of nitrogen functional groups attached to an aromatic ring is 1. The first-order valence-corrected chi connectivity index (χ1v) is 6.38. The van der Waals surface area contributed by atoms with Gasteiger partial charge in [-0.3, -0.25) is 10.1 Å². The third kappa shape index (κ3) is 2.64. The minimum Gasteiger partial charge on any atom is -0.489 e. The third-order valence-corrected chi connectivity index (χ3v) is 3.18. The molecule has 6 nitrogen and oxygen atoms in total. The predicted molar refractivity (Wildman–Crippen MR) is 81.0 cm³/mol. The molecule has 0 spiro atoms. The fraction of sp³-hybridized carbons (Fsp3) is 0.0667. The zero-order valence-electron chi connectivity index (χ0n) is 11.1. The second kappa shape index (κ2) is 5.16. The number of benzene rings is 2. The van der Waals surface area contributed by atoms with Crippen molar-refractivity contribution < 1.29 is 9.66 Å². The molecule has 1 aliphatic rings. The molecule has 106 valence electrons. The van der Waals surface area contributed by atoms with Crippen molar-refractivity contribution >= 4 is 22.8 Å². The van der Waals surface area contributed by atoms with Crippen molar-refractivity contribution in [2.24, 2.45) is 0 Å². The summed E-state index contributed by atoms with van der Waals surface area (Å²) in [5.74, 6) is 0.626. The topological polar surface area (TPSA) is 90.4 Å². The fourth-order valence-corrected chi connectivity index (χ4v) is 2.13. The highest BCUT2D eigenvalue weighted by Gasteiger charge is 2.18. The summed E-state index contributed by atoms with van der Waals surface area (Å²) in [4.78, 5) is 10.5. The van der Waals surface area contributed by atoms with E-state index in [1.54, 1.807) is 18.2 Å². The number of nitrogens with one attached hydrogen (secondary N) is 1. The van der Waals surface area contributed by atoms with E-state index in [0.29, 0.717) is 23.6 Å². The van der Waals surface area contributed by atoms with E-state index in [2.05, 4.69) is 5.32 Å². The van der Waals surface area contributed by atoms with E-state index < -0.39 is 4.92 Å². The lowest BCUT2D eigenvalue weighted by molar-refractivity contribution is -0.384. The van der Waals surface area contributed by atoms with Crippen LogP contribution in [0.15, 0.2) is 48.5 Å². The Labute approximate surface area is 121 Å². The number of anilines is 2. The number of non-ortho nitro benzene ring substituents is 1. The second-order valence-electron chi connectivity index (χ2n) is 4.61. The summed E-state index contributed by atoms with van der Waals surface area (Å²) in [5.41, 5.74) is 8.67. The number of rotatable bonds is 3. The van der Waals surface area contributed by atoms with Gasteiger partial charge in [0.05, 0.1) is 4.92 Å². The monoisotopic (exact) mass is 283 g/mol. The number of hydrogen-bond acceptors (Lipinski definition) is 5. The van der Waals surface area contributed by atoms with E-state index >= 15 is 0 Å². The molecular weight excluding hydrogens is 270 g/mol. The van der Waals surface area contributed by atoms with Gasteiger partial charge in [-0.25, -0.2) is 0 Å². The standard InChI is InChI=1S/C15H13N3O3/c16-10-1-3-11(4-2-10)17-14-7-8-21-15-6-5-12(18(19)20)9-13(14)15/h1-7,9,17H,8,16H2. The molecule has 1 aliphatic heterocycles. The fourth-order valence-electron chi connectivity index (χ4n) is 2.13. The molecule has 0 bridgehead atoms. The lowest BCUT2D eigenvalue weighted by atomic mass is 10.1. The zero-order valence-corrected chi connectivity index (χ0v) is 11.1. The molecule has 0 fully saturated rings. The third-order valence-electron chi connectivity index (χ3n) is 3.18. The van der Waals surface area contributed by atoms with E-state index in [1.807, 2.05) is 18.2 Å². The van der Waals surface area contributed by atoms with Crippen LogP contribution in [0.2, 0.25) is 0 Å². The maximum atomic E-state index is 10.9. The zero-order chi connectivity index (χ0) is 14.8. The first-order valence-electron chi connectivity index (χ1n) is 6.38. The van der Waals surface area contributed by atoms with Gasteiger partial charge < -0.3 is 15.8 Å². The quantitative estimate of drug-likeness (QED) is 0.513. The molecule has 6 heteroatoms. The van der Waals surface area contributed by atoms with E-state index in [0.717, 1.165) is 11.4 Å². The van der Waals surface area contributed by atoms with Crippen molar-refractivity contribution in [3.05, 3.63) is 64.2 Å². The van der Waals surface area contributed by atoms with Gasteiger partial charge in [0, 0.05) is 34.8 Å². The Hall–Kier alpha value is -3.02. The molecule has 0 amide bonds. The first kappa shape index (κ1) is 13.0. The smallest absolute Gasteiger partial charge is 0.270 e. The van der Waals surface area contributed by atoms with Crippen LogP contribution in [0.3, 0.4) is 0 Å². The number of nitrogens with two attached hydrogens (primary N) is 1. The molecule has 0 saturated carbocycles. The largest absolute Gasteiger partial charge is 0.489 e. The van der Waals surface area contributed by atoms with Crippen LogP contribution < -0.4 is 15.8 Å². The summed E-state index contributed by atoms with van der Waals surface area (Å²) in [6.07, 6.45) is 1.85. The van der Waals surface area contributed by atoms with Crippen LogP contribution >= 0.6 is 0 Å². The van der Waals surface area contributed by atoms with Gasteiger partial charge in [-0.2, -0.15) is 0 Å². The van der Waals surface area contributed by atoms with Crippen molar-refractivity contribution in [1.82, 2.24) is 0 Å². The minimum absolute atomic E-state index is 0.0317. The molecule has 0 atom stereocenters. The van der Waals surface area contributed by atoms with Gasteiger partial charge >= 0.3 is 0 Å². The van der Waals surface area contributed by atoms with Crippen LogP contribution in [0.25, 0.3) is 5.70 Å². The number of fused-ring (bicyclic) bond motifs is 1. The highest BCUT2D eigenvalue weighted by molar-refractivity contribution is 5.82. The Morgan fingerprint density at radius 1 is 1.19 bits per heavy atom. The van der Waals surface area contributed by atoms with Crippen LogP contribution in [0.4, 0.5) is 17.1 Å². The second-order valence-corrected chi connectivity index (χ2v) is 4.61. The predicted octanol–water partition coefficient (Wildman–Crippen LogP) is 3.02. The Balaban J connectivity index is 1.94. The van der Waals surface area contributed by atoms with Crippen LogP contribution in [0.5, 0.6) is 5.75 Å². The minimum atomic E-state index is -0.421. The van der Waals surface area contributed by atoms with E-state index in [-0.39, 0.29) is 5.69 Å². The first-order chi connectivity index (χ1) is 10.1.